The van der Waals surface area contributed by atoms with Gasteiger partial charge in [-0.15, -0.1) is 0 Å². The molecule has 7 nitrogen and oxygen atoms in total. The van der Waals surface area contributed by atoms with Gasteiger partial charge in [-0.25, -0.2) is 9.18 Å². The number of aromatic nitrogens is 4. The van der Waals surface area contributed by atoms with Crippen LogP contribution in [0.3, 0.4) is 0 Å². The molecule has 3 aromatic rings. The molecule has 0 radical (unpaired) electrons. The molecule has 0 saturated heterocycles. The van der Waals surface area contributed by atoms with Crippen molar-refractivity contribution in [1.29, 1.82) is 0 Å². The smallest absolute Gasteiger partial charge is 0.348 e. The molecule has 0 unspecified atom stereocenters. The molecule has 128 valence electrons. The zero-order valence-electron chi connectivity index (χ0n) is 13.5. The Hall–Kier alpha value is -3.29. The minimum atomic E-state index is -0.504. The summed E-state index contributed by atoms with van der Waals surface area (Å²) >= 11 is 0. The quantitative estimate of drug-likeness (QED) is 0.761. The van der Waals surface area contributed by atoms with Gasteiger partial charge >= 0.3 is 5.69 Å². The van der Waals surface area contributed by atoms with Crippen molar-refractivity contribution in [3.8, 4) is 5.69 Å². The number of benzene rings is 2. The molecule has 1 aromatic heterocycles. The largest absolute Gasteiger partial charge is 0.368 e. The number of amides is 1. The van der Waals surface area contributed by atoms with Crippen LogP contribution in [-0.2, 0) is 11.3 Å². The Balaban J connectivity index is 1.68. The minimum absolute atomic E-state index is 0.253. The van der Waals surface area contributed by atoms with E-state index in [1.165, 1.54) is 12.1 Å². The van der Waals surface area contributed by atoms with E-state index in [4.69, 9.17) is 0 Å². The normalized spacial score (nSPS) is 11.9. The zero-order valence-corrected chi connectivity index (χ0v) is 13.5. The van der Waals surface area contributed by atoms with Gasteiger partial charge in [0, 0.05) is 0 Å². The maximum absolute atomic E-state index is 12.9. The highest BCUT2D eigenvalue weighted by molar-refractivity contribution is 5.76. The lowest BCUT2D eigenvalue weighted by Gasteiger charge is -2.13. The van der Waals surface area contributed by atoms with E-state index in [2.05, 4.69) is 15.7 Å². The van der Waals surface area contributed by atoms with E-state index < -0.39 is 5.69 Å². The van der Waals surface area contributed by atoms with Crippen LogP contribution in [0, 0.1) is 5.82 Å². The molecule has 8 heteroatoms. The first-order valence-corrected chi connectivity index (χ1v) is 7.67. The fourth-order valence-corrected chi connectivity index (χ4v) is 2.36. The highest BCUT2D eigenvalue weighted by Crippen LogP contribution is 2.12. The molecule has 1 heterocycles. The van der Waals surface area contributed by atoms with Crippen molar-refractivity contribution in [3.05, 3.63) is 76.5 Å². The van der Waals surface area contributed by atoms with Crippen LogP contribution in [0.1, 0.15) is 18.5 Å². The van der Waals surface area contributed by atoms with Crippen molar-refractivity contribution >= 4 is 5.91 Å². The van der Waals surface area contributed by atoms with Crippen molar-refractivity contribution in [2.24, 2.45) is 0 Å². The highest BCUT2D eigenvalue weighted by atomic mass is 19.1. The number of tetrazole rings is 1. The zero-order chi connectivity index (χ0) is 17.8. The van der Waals surface area contributed by atoms with E-state index in [0.717, 1.165) is 14.9 Å². The monoisotopic (exact) mass is 341 g/mol. The Morgan fingerprint density at radius 2 is 1.80 bits per heavy atom. The summed E-state index contributed by atoms with van der Waals surface area (Å²) in [6, 6.07) is 14.3. The highest BCUT2D eigenvalue weighted by Gasteiger charge is 2.14. The molecule has 0 bridgehead atoms. The van der Waals surface area contributed by atoms with Gasteiger partial charge in [0.25, 0.3) is 0 Å². The molecule has 0 fully saturated rings. The number of nitrogens with one attached hydrogen (secondary N) is 1. The van der Waals surface area contributed by atoms with Gasteiger partial charge in [0.05, 0.1) is 11.7 Å². The van der Waals surface area contributed by atoms with E-state index >= 15 is 0 Å². The predicted octanol–water partition coefficient (Wildman–Crippen LogP) is 1.45. The van der Waals surface area contributed by atoms with Crippen molar-refractivity contribution in [2.75, 3.05) is 0 Å². The molecule has 3 rings (SSSR count). The maximum atomic E-state index is 12.9. The molecule has 0 aliphatic heterocycles. The van der Waals surface area contributed by atoms with Gasteiger partial charge < -0.3 is 5.32 Å². The van der Waals surface area contributed by atoms with E-state index in [-0.39, 0.29) is 24.3 Å². The summed E-state index contributed by atoms with van der Waals surface area (Å²) in [4.78, 5) is 24.4. The van der Waals surface area contributed by atoms with Crippen LogP contribution in [0.25, 0.3) is 5.69 Å². The molecule has 25 heavy (non-hydrogen) atoms. The van der Waals surface area contributed by atoms with Gasteiger partial charge in [0.15, 0.2) is 0 Å². The summed E-state index contributed by atoms with van der Waals surface area (Å²) < 4.78 is 15.1. The van der Waals surface area contributed by atoms with E-state index in [9.17, 15) is 14.0 Å². The van der Waals surface area contributed by atoms with Crippen molar-refractivity contribution in [2.45, 2.75) is 19.5 Å². The van der Waals surface area contributed by atoms with Crippen molar-refractivity contribution < 1.29 is 9.18 Å². The third-order valence-electron chi connectivity index (χ3n) is 3.68. The average molecular weight is 341 g/mol. The van der Waals surface area contributed by atoms with Crippen LogP contribution < -0.4 is 11.0 Å². The number of rotatable bonds is 5. The second kappa shape index (κ2) is 7.08. The number of para-hydroxylation sites is 1. The second-order valence-corrected chi connectivity index (χ2v) is 5.51. The Morgan fingerprint density at radius 1 is 1.12 bits per heavy atom. The molecule has 0 aliphatic carbocycles. The molecule has 0 saturated carbocycles. The lowest BCUT2D eigenvalue weighted by Crippen LogP contribution is -2.34. The first kappa shape index (κ1) is 16.6. The van der Waals surface area contributed by atoms with Crippen molar-refractivity contribution in [1.82, 2.24) is 25.1 Å². The van der Waals surface area contributed by atoms with Gasteiger partial charge in [0.1, 0.15) is 12.4 Å². The number of nitrogens with zero attached hydrogens (tertiary/aromatic N) is 4. The first-order valence-electron chi connectivity index (χ1n) is 7.67. The van der Waals surface area contributed by atoms with Crippen molar-refractivity contribution in [3.63, 3.8) is 0 Å². The van der Waals surface area contributed by atoms with Crippen LogP contribution >= 0.6 is 0 Å². The third-order valence-corrected chi connectivity index (χ3v) is 3.68. The fraction of sp³-hybridized carbons (Fsp3) is 0.176. The van der Waals surface area contributed by atoms with Gasteiger partial charge in [-0.05, 0) is 47.2 Å². The summed E-state index contributed by atoms with van der Waals surface area (Å²) in [6.07, 6.45) is 0. The number of hydrogen-bond donors (Lipinski definition) is 1. The van der Waals surface area contributed by atoms with Gasteiger partial charge in [-0.3, -0.25) is 4.79 Å². The van der Waals surface area contributed by atoms with Crippen LogP contribution in [0.4, 0.5) is 4.39 Å². The molecule has 1 amide bonds. The third kappa shape index (κ3) is 3.79. The van der Waals surface area contributed by atoms with E-state index in [0.29, 0.717) is 5.69 Å². The van der Waals surface area contributed by atoms with Crippen LogP contribution in [0.2, 0.25) is 0 Å². The van der Waals surface area contributed by atoms with Crippen LogP contribution in [0.15, 0.2) is 59.4 Å². The van der Waals surface area contributed by atoms with E-state index in [1.807, 2.05) is 6.07 Å². The van der Waals surface area contributed by atoms with Gasteiger partial charge in [0.2, 0.25) is 5.91 Å². The fourth-order valence-electron chi connectivity index (χ4n) is 2.36. The molecule has 0 spiro atoms. The average Bonchev–Trinajstić information content (AvgIpc) is 2.96. The summed E-state index contributed by atoms with van der Waals surface area (Å²) in [5.74, 6) is -0.731. The molecule has 0 aliphatic rings. The van der Waals surface area contributed by atoms with Gasteiger partial charge in [-0.2, -0.15) is 9.36 Å². The Morgan fingerprint density at radius 3 is 2.48 bits per heavy atom. The van der Waals surface area contributed by atoms with E-state index in [1.54, 1.807) is 43.3 Å². The molecule has 1 atom stereocenters. The summed E-state index contributed by atoms with van der Waals surface area (Å²) in [5, 5.41) is 10.3. The summed E-state index contributed by atoms with van der Waals surface area (Å²) in [6.45, 7) is 1.52. The standard InChI is InChI=1S/C17H16FN5O2/c1-12(13-7-9-14(18)10-8-13)19-16(24)11-22-17(25)23(21-20-22)15-5-3-2-4-6-15/h2-10,12H,11H2,1H3,(H,19,24)/t12-/m0/s1. The molecular formula is C17H16FN5O2. The minimum Gasteiger partial charge on any atom is -0.348 e. The molecule has 1 N–H and O–H groups in total. The number of carbonyl (C=O) groups is 1. The Labute approximate surface area is 142 Å². The lowest BCUT2D eigenvalue weighted by atomic mass is 10.1. The molecule has 2 aromatic carbocycles. The molecular weight excluding hydrogens is 325 g/mol. The summed E-state index contributed by atoms with van der Waals surface area (Å²) in [5.41, 5.74) is 0.824. The second-order valence-electron chi connectivity index (χ2n) is 5.51. The Kier molecular flexibility index (Phi) is 4.69. The first-order chi connectivity index (χ1) is 12.0. The maximum Gasteiger partial charge on any atom is 0.368 e. The summed E-state index contributed by atoms with van der Waals surface area (Å²) in [7, 11) is 0. The number of carbonyl (C=O) groups excluding carboxylic acids is 1. The van der Waals surface area contributed by atoms with Crippen LogP contribution in [0.5, 0.6) is 0 Å². The SMILES string of the molecule is C[C@H](NC(=O)Cn1nnn(-c2ccccc2)c1=O)c1ccc(F)cc1. The van der Waals surface area contributed by atoms with Gasteiger partial charge in [-0.1, -0.05) is 30.3 Å². The predicted molar refractivity (Wildman–Crippen MR) is 88.6 cm³/mol. The van der Waals surface area contributed by atoms with Crippen LogP contribution in [-0.4, -0.2) is 25.7 Å². The number of hydrogen-bond acceptors (Lipinski definition) is 4. The number of halogens is 1. The lowest BCUT2D eigenvalue weighted by molar-refractivity contribution is -0.122. The Bertz CT molecular complexity index is 918. The topological polar surface area (TPSA) is 81.8 Å².